The van der Waals surface area contributed by atoms with Gasteiger partial charge in [-0.2, -0.15) is 0 Å². The number of carboxylic acid groups (broad SMARTS) is 2. The van der Waals surface area contributed by atoms with Gasteiger partial charge in [-0.15, -0.1) is 0 Å². The van der Waals surface area contributed by atoms with Gasteiger partial charge in [-0.1, -0.05) is 5.11 Å². The van der Waals surface area contributed by atoms with Gasteiger partial charge in [-0.3, -0.25) is 9.59 Å². The van der Waals surface area contributed by atoms with Crippen LogP contribution in [-0.2, 0) is 29.0 Å². The van der Waals surface area contributed by atoms with Crippen LogP contribution in [0.4, 0.5) is 0 Å². The molecule has 0 aliphatic heterocycles. The fraction of sp³-hybridized carbons (Fsp3) is 0.714. The second-order valence-corrected chi connectivity index (χ2v) is 5.47. The van der Waals surface area contributed by atoms with Gasteiger partial charge in [0.25, 0.3) is 0 Å². The van der Waals surface area contributed by atoms with Crippen LogP contribution >= 0.6 is 0 Å². The van der Waals surface area contributed by atoms with Gasteiger partial charge < -0.3 is 15.9 Å². The summed E-state index contributed by atoms with van der Waals surface area (Å²) in [5.41, 5.74) is 14.0. The number of nitrogens with two attached hydrogens (primary N) is 1. The van der Waals surface area contributed by atoms with Crippen molar-refractivity contribution >= 4 is 23.9 Å². The first-order chi connectivity index (χ1) is 12.2. The summed E-state index contributed by atoms with van der Waals surface area (Å²) in [6.07, 6.45) is -0.191. The van der Waals surface area contributed by atoms with Crippen LogP contribution in [0.25, 0.3) is 10.4 Å². The number of carboxylic acids is 2. The zero-order chi connectivity index (χ0) is 19.9. The SMILES string of the molecule is [N-]=[N+]=NC(CCC(=O)O)CCC(=O)OOC(=O)CCC(N)CCC(=O)O. The molecule has 0 saturated carbocycles. The molecule has 12 nitrogen and oxygen atoms in total. The minimum Gasteiger partial charge on any atom is -0.481 e. The molecule has 2 atom stereocenters. The van der Waals surface area contributed by atoms with Crippen molar-refractivity contribution < 1.29 is 39.2 Å². The normalized spacial score (nSPS) is 12.3. The molecule has 0 saturated heterocycles. The number of carbonyl (C=O) groups is 4. The molecule has 146 valence electrons. The molecule has 0 amide bonds. The van der Waals surface area contributed by atoms with E-state index in [0.717, 1.165) is 0 Å². The van der Waals surface area contributed by atoms with Crippen LogP contribution in [0.5, 0.6) is 0 Å². The maximum atomic E-state index is 11.5. The molecule has 4 N–H and O–H groups in total. The summed E-state index contributed by atoms with van der Waals surface area (Å²) in [7, 11) is 0. The van der Waals surface area contributed by atoms with Crippen molar-refractivity contribution in [3.63, 3.8) is 0 Å². The van der Waals surface area contributed by atoms with Crippen molar-refractivity contribution in [1.29, 1.82) is 0 Å². The number of aliphatic carboxylic acids is 2. The van der Waals surface area contributed by atoms with E-state index in [-0.39, 0.29) is 51.4 Å². The zero-order valence-electron chi connectivity index (χ0n) is 14.1. The number of hydrogen-bond acceptors (Lipinski definition) is 8. The molecular formula is C14H22N4O8. The van der Waals surface area contributed by atoms with Gasteiger partial charge >= 0.3 is 23.9 Å². The van der Waals surface area contributed by atoms with Crippen molar-refractivity contribution in [3.8, 4) is 0 Å². The molecule has 12 heteroatoms. The first-order valence-corrected chi connectivity index (χ1v) is 7.88. The van der Waals surface area contributed by atoms with E-state index in [1.165, 1.54) is 0 Å². The Balaban J connectivity index is 4.01. The third-order valence-corrected chi connectivity index (χ3v) is 3.26. The van der Waals surface area contributed by atoms with Crippen molar-refractivity contribution in [2.45, 2.75) is 63.5 Å². The van der Waals surface area contributed by atoms with Crippen LogP contribution in [0.3, 0.4) is 0 Å². The van der Waals surface area contributed by atoms with E-state index in [2.05, 4.69) is 19.8 Å². The number of azide groups is 1. The highest BCUT2D eigenvalue weighted by molar-refractivity contribution is 5.73. The van der Waals surface area contributed by atoms with E-state index in [4.69, 9.17) is 21.5 Å². The largest absolute Gasteiger partial charge is 0.481 e. The number of hydrogen-bond donors (Lipinski definition) is 3. The molecule has 2 unspecified atom stereocenters. The first-order valence-electron chi connectivity index (χ1n) is 7.88. The lowest BCUT2D eigenvalue weighted by Crippen LogP contribution is -2.23. The van der Waals surface area contributed by atoms with Crippen molar-refractivity contribution in [1.82, 2.24) is 0 Å². The smallest absolute Gasteiger partial charge is 0.355 e. The summed E-state index contributed by atoms with van der Waals surface area (Å²) < 4.78 is 0. The molecule has 0 aliphatic carbocycles. The Morgan fingerprint density at radius 2 is 1.31 bits per heavy atom. The van der Waals surface area contributed by atoms with E-state index in [1.807, 2.05) is 0 Å². The van der Waals surface area contributed by atoms with E-state index < -0.39 is 36.0 Å². The van der Waals surface area contributed by atoms with Gasteiger partial charge in [0, 0.05) is 29.8 Å². The zero-order valence-corrected chi connectivity index (χ0v) is 14.1. The highest BCUT2D eigenvalue weighted by atomic mass is 17.2. The molecule has 0 bridgehead atoms. The van der Waals surface area contributed by atoms with Gasteiger partial charge in [0.05, 0.1) is 12.8 Å². The first kappa shape index (κ1) is 23.1. The molecule has 0 rings (SSSR count). The highest BCUT2D eigenvalue weighted by Crippen LogP contribution is 2.11. The van der Waals surface area contributed by atoms with Gasteiger partial charge in [0.15, 0.2) is 0 Å². The van der Waals surface area contributed by atoms with Gasteiger partial charge in [0.1, 0.15) is 0 Å². The Morgan fingerprint density at radius 3 is 1.81 bits per heavy atom. The van der Waals surface area contributed by atoms with E-state index in [9.17, 15) is 19.2 Å². The van der Waals surface area contributed by atoms with Gasteiger partial charge in [-0.05, 0) is 31.2 Å². The molecular weight excluding hydrogens is 352 g/mol. The van der Waals surface area contributed by atoms with Crippen LogP contribution in [0.2, 0.25) is 0 Å². The average molecular weight is 374 g/mol. The van der Waals surface area contributed by atoms with E-state index in [1.54, 1.807) is 0 Å². The minimum atomic E-state index is -1.05. The quantitative estimate of drug-likeness (QED) is 0.139. The topological polar surface area (TPSA) is 202 Å². The summed E-state index contributed by atoms with van der Waals surface area (Å²) in [4.78, 5) is 54.9. The Morgan fingerprint density at radius 1 is 0.885 bits per heavy atom. The number of carbonyl (C=O) groups excluding carboxylic acids is 2. The summed E-state index contributed by atoms with van der Waals surface area (Å²) in [6, 6.07) is -1.18. The average Bonchev–Trinajstić information content (AvgIpc) is 2.58. The summed E-state index contributed by atoms with van der Waals surface area (Å²) >= 11 is 0. The van der Waals surface area contributed by atoms with Crippen LogP contribution in [0, 0.1) is 0 Å². The maximum absolute atomic E-state index is 11.5. The number of nitrogens with zero attached hydrogens (tertiary/aromatic N) is 3. The van der Waals surface area contributed by atoms with Gasteiger partial charge in [0.2, 0.25) is 0 Å². The summed E-state index contributed by atoms with van der Waals surface area (Å²) in [5, 5.41) is 20.5. The minimum absolute atomic E-state index is 0.0494. The Labute approximate surface area is 148 Å². The molecule has 0 aromatic carbocycles. The van der Waals surface area contributed by atoms with Crippen molar-refractivity contribution in [3.05, 3.63) is 10.4 Å². The standard InChI is InChI=1S/C14H22N4O8/c15-9(1-5-11(19)20)2-7-13(23)25-26-14(24)8-4-10(17-18-16)3-6-12(21)22/h9-10H,1-8,15H2,(H,19,20)(H,21,22). The third kappa shape index (κ3) is 13.6. The van der Waals surface area contributed by atoms with Crippen LogP contribution in [0.1, 0.15) is 51.4 Å². The lowest BCUT2D eigenvalue weighted by Gasteiger charge is -2.10. The monoisotopic (exact) mass is 374 g/mol. The third-order valence-electron chi connectivity index (χ3n) is 3.26. The maximum Gasteiger partial charge on any atom is 0.355 e. The molecule has 0 heterocycles. The second kappa shape index (κ2) is 13.4. The molecule has 0 fully saturated rings. The lowest BCUT2D eigenvalue weighted by atomic mass is 10.1. The summed E-state index contributed by atoms with van der Waals surface area (Å²) in [6.45, 7) is 0. The Hall–Kier alpha value is -2.85. The van der Waals surface area contributed by atoms with Crippen LogP contribution in [0.15, 0.2) is 5.11 Å². The van der Waals surface area contributed by atoms with Crippen molar-refractivity contribution in [2.75, 3.05) is 0 Å². The fourth-order valence-corrected chi connectivity index (χ4v) is 1.84. The molecule has 0 aliphatic rings. The second-order valence-electron chi connectivity index (χ2n) is 5.47. The fourth-order valence-electron chi connectivity index (χ4n) is 1.84. The van der Waals surface area contributed by atoms with Crippen LogP contribution in [-0.4, -0.2) is 46.2 Å². The van der Waals surface area contributed by atoms with E-state index >= 15 is 0 Å². The molecule has 0 spiro atoms. The Kier molecular flexibility index (Phi) is 12.0. The summed E-state index contributed by atoms with van der Waals surface area (Å²) in [5.74, 6) is -3.75. The highest BCUT2D eigenvalue weighted by Gasteiger charge is 2.16. The predicted molar refractivity (Wildman–Crippen MR) is 85.3 cm³/mol. The molecule has 0 aromatic rings. The van der Waals surface area contributed by atoms with E-state index in [0.29, 0.717) is 0 Å². The molecule has 0 aromatic heterocycles. The van der Waals surface area contributed by atoms with Crippen LogP contribution < -0.4 is 5.73 Å². The lowest BCUT2D eigenvalue weighted by molar-refractivity contribution is -0.259. The predicted octanol–water partition coefficient (Wildman–Crippen LogP) is 1.28. The molecule has 26 heavy (non-hydrogen) atoms. The van der Waals surface area contributed by atoms with Crippen molar-refractivity contribution in [2.24, 2.45) is 10.8 Å². The molecule has 0 radical (unpaired) electrons. The number of rotatable bonds is 13. The van der Waals surface area contributed by atoms with Gasteiger partial charge in [-0.25, -0.2) is 19.4 Å². The Bertz CT molecular complexity index is 547.